The molecule has 250 valence electrons. The Morgan fingerprint density at radius 2 is 1.61 bits per heavy atom. The minimum atomic E-state index is 0.130. The molecule has 4 aromatic carbocycles. The Hall–Kier alpha value is -4.67. The molecule has 0 amide bonds. The van der Waals surface area contributed by atoms with Gasteiger partial charge in [0.1, 0.15) is 30.8 Å². The molecule has 1 aliphatic heterocycles. The van der Waals surface area contributed by atoms with Crippen molar-refractivity contribution in [3.05, 3.63) is 135 Å². The molecule has 5 aromatic rings. The third kappa shape index (κ3) is 8.14. The van der Waals surface area contributed by atoms with E-state index in [0.717, 1.165) is 35.2 Å². The monoisotopic (exact) mass is 671 g/mol. The largest absolute Gasteiger partial charge is 0.488 e. The molecule has 1 fully saturated rings. The Bertz CT molecular complexity index is 1940. The fourth-order valence-electron chi connectivity index (χ4n) is 6.62. The van der Waals surface area contributed by atoms with Gasteiger partial charge in [-0.3, -0.25) is 4.98 Å². The molecule has 1 aromatic heterocycles. The molecule has 1 unspecified atom stereocenters. The minimum absolute atomic E-state index is 0.130. The molecule has 1 atom stereocenters. The summed E-state index contributed by atoms with van der Waals surface area (Å²) in [7, 11) is 0. The highest BCUT2D eigenvalue weighted by Gasteiger charge is 2.18. The van der Waals surface area contributed by atoms with Gasteiger partial charge in [0.15, 0.2) is 0 Å². The fraction of sp³-hybridized carbons (Fsp3) is 0.286. The zero-order chi connectivity index (χ0) is 34.2. The number of halogens is 1. The van der Waals surface area contributed by atoms with E-state index in [1.807, 2.05) is 12.1 Å². The van der Waals surface area contributed by atoms with Crippen LogP contribution in [0.4, 0.5) is 0 Å². The van der Waals surface area contributed by atoms with Crippen LogP contribution in [0.25, 0.3) is 22.3 Å². The smallest absolute Gasteiger partial charge is 0.142 e. The molecule has 6 rings (SSSR count). The maximum atomic E-state index is 9.32. The lowest BCUT2D eigenvalue weighted by molar-refractivity contribution is 0.280. The van der Waals surface area contributed by atoms with E-state index >= 15 is 0 Å². The van der Waals surface area contributed by atoms with Crippen LogP contribution < -0.4 is 14.8 Å². The fourth-order valence-corrected chi connectivity index (χ4v) is 6.86. The molecule has 0 bridgehead atoms. The number of nitrogens with zero attached hydrogens (tertiary/aromatic N) is 2. The van der Waals surface area contributed by atoms with Gasteiger partial charge in [-0.1, -0.05) is 72.3 Å². The van der Waals surface area contributed by atoms with E-state index in [4.69, 9.17) is 21.1 Å². The highest BCUT2D eigenvalue weighted by Crippen LogP contribution is 2.37. The lowest BCUT2D eigenvalue weighted by Crippen LogP contribution is -2.12. The van der Waals surface area contributed by atoms with Gasteiger partial charge < -0.3 is 19.9 Å². The molecule has 0 aliphatic carbocycles. The molecule has 7 heteroatoms. The number of aromatic nitrogens is 1. The van der Waals surface area contributed by atoms with Crippen molar-refractivity contribution >= 4 is 11.6 Å². The molecule has 49 heavy (non-hydrogen) atoms. The first-order valence-corrected chi connectivity index (χ1v) is 17.4. The number of aryl methyl sites for hydroxylation is 1. The van der Waals surface area contributed by atoms with E-state index in [0.29, 0.717) is 47.6 Å². The number of benzene rings is 4. The van der Waals surface area contributed by atoms with Crippen LogP contribution in [0.1, 0.15) is 70.7 Å². The van der Waals surface area contributed by atoms with Crippen LogP contribution in [0.5, 0.6) is 11.5 Å². The summed E-state index contributed by atoms with van der Waals surface area (Å²) in [6, 6.07) is 30.0. The number of ether oxygens (including phenoxy) is 2. The topological polar surface area (TPSA) is 87.4 Å². The van der Waals surface area contributed by atoms with Crippen LogP contribution >= 0.6 is 11.6 Å². The number of rotatable bonds is 13. The Labute approximate surface area is 294 Å². The van der Waals surface area contributed by atoms with E-state index in [1.54, 1.807) is 12.3 Å². The van der Waals surface area contributed by atoms with E-state index < -0.39 is 0 Å². The third-order valence-electron chi connectivity index (χ3n) is 9.43. The van der Waals surface area contributed by atoms with E-state index in [1.165, 1.54) is 52.4 Å². The van der Waals surface area contributed by atoms with Crippen molar-refractivity contribution < 1.29 is 14.6 Å². The van der Waals surface area contributed by atoms with Crippen LogP contribution in [0.2, 0.25) is 5.02 Å². The first-order valence-electron chi connectivity index (χ1n) is 17.0. The first-order chi connectivity index (χ1) is 23.9. The summed E-state index contributed by atoms with van der Waals surface area (Å²) in [5, 5.41) is 22.7. The number of aliphatic hydroxyl groups excluding tert-OH is 1. The first kappa shape index (κ1) is 34.2. The van der Waals surface area contributed by atoms with Crippen molar-refractivity contribution in [1.82, 2.24) is 10.3 Å². The van der Waals surface area contributed by atoms with Crippen LogP contribution in [-0.2, 0) is 19.6 Å². The quantitative estimate of drug-likeness (QED) is 0.121. The van der Waals surface area contributed by atoms with Crippen molar-refractivity contribution in [2.75, 3.05) is 13.2 Å². The summed E-state index contributed by atoms with van der Waals surface area (Å²) in [5.74, 6) is 1.19. The molecule has 6 nitrogen and oxygen atoms in total. The lowest BCUT2D eigenvalue weighted by atomic mass is 9.89. The summed E-state index contributed by atoms with van der Waals surface area (Å²) in [4.78, 5) is 4.15. The molecular formula is C42H42ClN3O3. The van der Waals surface area contributed by atoms with Crippen LogP contribution in [-0.4, -0.2) is 23.2 Å². The minimum Gasteiger partial charge on any atom is -0.488 e. The number of hydrogen-bond donors (Lipinski definition) is 2. The average Bonchev–Trinajstić information content (AvgIpc) is 3.67. The van der Waals surface area contributed by atoms with Crippen LogP contribution in [0, 0.1) is 25.2 Å². The number of pyridine rings is 1. The maximum Gasteiger partial charge on any atom is 0.142 e. The van der Waals surface area contributed by atoms with Gasteiger partial charge in [0.2, 0.25) is 0 Å². The van der Waals surface area contributed by atoms with E-state index in [-0.39, 0.29) is 13.2 Å². The van der Waals surface area contributed by atoms with E-state index in [2.05, 4.69) is 90.9 Å². The van der Waals surface area contributed by atoms with Crippen molar-refractivity contribution in [3.8, 4) is 39.8 Å². The van der Waals surface area contributed by atoms with Gasteiger partial charge in [0.25, 0.3) is 0 Å². The van der Waals surface area contributed by atoms with Gasteiger partial charge in [0, 0.05) is 36.7 Å². The highest BCUT2D eigenvalue weighted by atomic mass is 35.5. The summed E-state index contributed by atoms with van der Waals surface area (Å²) >= 11 is 6.77. The van der Waals surface area contributed by atoms with Gasteiger partial charge >= 0.3 is 0 Å². The number of aliphatic hydroxyl groups is 1. The summed E-state index contributed by atoms with van der Waals surface area (Å²) < 4.78 is 12.6. The van der Waals surface area contributed by atoms with Crippen LogP contribution in [0.15, 0.2) is 91.3 Å². The van der Waals surface area contributed by atoms with Gasteiger partial charge in [-0.05, 0) is 115 Å². The summed E-state index contributed by atoms with van der Waals surface area (Å²) in [6.45, 7) is 6.16. The number of nitriles is 1. The van der Waals surface area contributed by atoms with Crippen molar-refractivity contribution in [2.45, 2.75) is 65.2 Å². The molecule has 1 saturated heterocycles. The molecule has 2 heterocycles. The second-order valence-corrected chi connectivity index (χ2v) is 13.1. The summed E-state index contributed by atoms with van der Waals surface area (Å²) in [5.41, 5.74) is 11.9. The third-order valence-corrected chi connectivity index (χ3v) is 9.72. The second kappa shape index (κ2) is 16.2. The van der Waals surface area contributed by atoms with Crippen molar-refractivity contribution in [1.29, 1.82) is 5.26 Å². The molecule has 2 N–H and O–H groups in total. The Balaban J connectivity index is 1.22. The Morgan fingerprint density at radius 1 is 0.857 bits per heavy atom. The van der Waals surface area contributed by atoms with Gasteiger partial charge in [-0.15, -0.1) is 0 Å². The Kier molecular flexibility index (Phi) is 11.3. The lowest BCUT2D eigenvalue weighted by Gasteiger charge is -2.18. The molecule has 0 radical (unpaired) electrons. The van der Waals surface area contributed by atoms with Gasteiger partial charge in [-0.2, -0.15) is 5.26 Å². The zero-order valence-electron chi connectivity index (χ0n) is 28.1. The van der Waals surface area contributed by atoms with Crippen molar-refractivity contribution in [3.63, 3.8) is 0 Å². The number of hydrogen-bond acceptors (Lipinski definition) is 6. The molecule has 0 spiro atoms. The molecular weight excluding hydrogens is 630 g/mol. The van der Waals surface area contributed by atoms with Gasteiger partial charge in [-0.25, -0.2) is 0 Å². The van der Waals surface area contributed by atoms with Gasteiger partial charge in [0.05, 0.1) is 10.6 Å². The highest BCUT2D eigenvalue weighted by molar-refractivity contribution is 6.32. The maximum absolute atomic E-state index is 9.32. The molecule has 0 saturated carbocycles. The normalized spacial score (nSPS) is 14.1. The average molecular weight is 672 g/mol. The summed E-state index contributed by atoms with van der Waals surface area (Å²) in [6.07, 6.45) is 7.83. The number of nitrogens with one attached hydrogen (secondary N) is 1. The van der Waals surface area contributed by atoms with E-state index in [9.17, 15) is 10.4 Å². The second-order valence-electron chi connectivity index (χ2n) is 12.7. The Morgan fingerprint density at radius 3 is 2.37 bits per heavy atom. The van der Waals surface area contributed by atoms with Crippen LogP contribution in [0.3, 0.4) is 0 Å². The zero-order valence-corrected chi connectivity index (χ0v) is 28.9. The predicted molar refractivity (Wildman–Crippen MR) is 196 cm³/mol. The molecule has 1 aliphatic rings. The SMILES string of the molecule is Cc1c(COc2cc(OCc3cncc(C#N)c3)c(CCCCO)cc2Cl)cccc1-c1cccc(-c2ccc(C3CCCN3)cc2)c1C. The van der Waals surface area contributed by atoms with Crippen molar-refractivity contribution in [2.24, 2.45) is 0 Å². The number of unbranched alkanes of at least 4 members (excludes halogenated alkanes) is 1. The standard InChI is InChI=1S/C42H42ClN3O3/c1-28-35(9-5-11-37(28)38-12-6-10-36(29(38)2)32-14-16-33(17-15-32)40-13-7-18-46-40)27-49-42-22-41(34(21-39(42)43)8-3-4-19-47)48-26-31-20-30(23-44)24-45-25-31/h5-6,9-12,14-17,20-22,24-25,40,46-47H,3-4,7-8,13,18-19,26-27H2,1-2H3. The predicted octanol–water partition coefficient (Wildman–Crippen LogP) is 9.46.